The molecule has 0 aromatic heterocycles. The molecule has 3 nitrogen and oxygen atoms in total. The van der Waals surface area contributed by atoms with Gasteiger partial charge >= 0.3 is 12.1 Å². The maximum absolute atomic E-state index is 11.9. The number of benzene rings is 1. The molecule has 0 saturated carbocycles. The first kappa shape index (κ1) is 18.0. The lowest BCUT2D eigenvalue weighted by Gasteiger charge is -2.13. The summed E-state index contributed by atoms with van der Waals surface area (Å²) in [4.78, 5) is 11.2. The van der Waals surface area contributed by atoms with Gasteiger partial charge in [-0.25, -0.2) is 0 Å². The van der Waals surface area contributed by atoms with Crippen LogP contribution in [0.25, 0.3) is 0 Å². The van der Waals surface area contributed by atoms with Crippen LogP contribution in [0.1, 0.15) is 18.4 Å². The number of ether oxygens (including phenoxy) is 1. The second-order valence-electron chi connectivity index (χ2n) is 4.68. The number of halogens is 4. The van der Waals surface area contributed by atoms with Crippen molar-refractivity contribution in [1.82, 2.24) is 0 Å². The van der Waals surface area contributed by atoms with Crippen LogP contribution < -0.4 is 0 Å². The van der Waals surface area contributed by atoms with Crippen LogP contribution in [0.4, 0.5) is 13.2 Å². The maximum Gasteiger partial charge on any atom is 0.411 e. The number of aliphatic carboxylic acids is 1. The van der Waals surface area contributed by atoms with E-state index in [0.29, 0.717) is 6.42 Å². The predicted octanol–water partition coefficient (Wildman–Crippen LogP) is 4.05. The topological polar surface area (TPSA) is 46.5 Å². The molecule has 1 aromatic carbocycles. The molecule has 1 unspecified atom stereocenters. The van der Waals surface area contributed by atoms with E-state index in [9.17, 15) is 18.0 Å². The Morgan fingerprint density at radius 1 is 1.29 bits per heavy atom. The van der Waals surface area contributed by atoms with E-state index in [4.69, 9.17) is 5.11 Å². The summed E-state index contributed by atoms with van der Waals surface area (Å²) in [6, 6.07) is 7.28. The summed E-state index contributed by atoms with van der Waals surface area (Å²) in [5.74, 6) is -1.57. The molecule has 0 aliphatic rings. The molecule has 1 aromatic rings. The Morgan fingerprint density at radius 2 is 1.90 bits per heavy atom. The molecular weight excluding hydrogens is 353 g/mol. The third-order valence-corrected chi connectivity index (χ3v) is 3.38. The van der Waals surface area contributed by atoms with Gasteiger partial charge in [0.25, 0.3) is 0 Å². The fraction of sp³-hybridized carbons (Fsp3) is 0.500. The Morgan fingerprint density at radius 3 is 2.43 bits per heavy atom. The number of hydrogen-bond donors (Lipinski definition) is 1. The average molecular weight is 369 g/mol. The Kier molecular flexibility index (Phi) is 7.17. The van der Waals surface area contributed by atoms with Crippen LogP contribution in [0.15, 0.2) is 28.7 Å². The zero-order chi connectivity index (χ0) is 15.9. The van der Waals surface area contributed by atoms with E-state index in [1.165, 1.54) is 0 Å². The Balaban J connectivity index is 2.37. The lowest BCUT2D eigenvalue weighted by molar-refractivity contribution is -0.174. The minimum atomic E-state index is -4.34. The largest absolute Gasteiger partial charge is 0.481 e. The van der Waals surface area contributed by atoms with Crippen LogP contribution in [0, 0.1) is 5.92 Å². The second kappa shape index (κ2) is 8.38. The van der Waals surface area contributed by atoms with Crippen molar-refractivity contribution in [2.75, 3.05) is 13.2 Å². The third kappa shape index (κ3) is 8.06. The van der Waals surface area contributed by atoms with Gasteiger partial charge in [0.05, 0.1) is 5.92 Å². The number of alkyl halides is 3. The van der Waals surface area contributed by atoms with Gasteiger partial charge in [-0.15, -0.1) is 0 Å². The van der Waals surface area contributed by atoms with Crippen molar-refractivity contribution in [3.63, 3.8) is 0 Å². The van der Waals surface area contributed by atoms with Crippen molar-refractivity contribution in [1.29, 1.82) is 0 Å². The number of carboxylic acids is 1. The first-order valence-corrected chi connectivity index (χ1v) is 7.19. The Hall–Kier alpha value is -1.08. The molecule has 0 aliphatic carbocycles. The summed E-state index contributed by atoms with van der Waals surface area (Å²) in [5.41, 5.74) is 0.877. The van der Waals surface area contributed by atoms with Crippen molar-refractivity contribution in [3.8, 4) is 0 Å². The van der Waals surface area contributed by atoms with E-state index in [-0.39, 0.29) is 19.4 Å². The zero-order valence-corrected chi connectivity index (χ0v) is 12.8. The van der Waals surface area contributed by atoms with Crippen LogP contribution >= 0.6 is 15.9 Å². The van der Waals surface area contributed by atoms with Crippen molar-refractivity contribution >= 4 is 21.9 Å². The number of rotatable bonds is 8. The fourth-order valence-electron chi connectivity index (χ4n) is 1.84. The van der Waals surface area contributed by atoms with Gasteiger partial charge in [-0.2, -0.15) is 13.2 Å². The lowest BCUT2D eigenvalue weighted by Crippen LogP contribution is -2.19. The quantitative estimate of drug-likeness (QED) is 0.704. The summed E-state index contributed by atoms with van der Waals surface area (Å²) in [5, 5.41) is 9.14. The molecule has 0 amide bonds. The van der Waals surface area contributed by atoms with E-state index in [2.05, 4.69) is 20.7 Å². The maximum atomic E-state index is 11.9. The van der Waals surface area contributed by atoms with E-state index >= 15 is 0 Å². The van der Waals surface area contributed by atoms with Gasteiger partial charge in [0, 0.05) is 11.1 Å². The molecule has 0 heterocycles. The van der Waals surface area contributed by atoms with Crippen LogP contribution in [0.5, 0.6) is 0 Å². The van der Waals surface area contributed by atoms with Gasteiger partial charge in [-0.1, -0.05) is 28.1 Å². The monoisotopic (exact) mass is 368 g/mol. The highest BCUT2D eigenvalue weighted by molar-refractivity contribution is 9.10. The van der Waals surface area contributed by atoms with Crippen LogP contribution in [0.3, 0.4) is 0 Å². The molecule has 0 saturated heterocycles. The fourth-order valence-corrected chi connectivity index (χ4v) is 2.10. The van der Waals surface area contributed by atoms with E-state index < -0.39 is 24.7 Å². The van der Waals surface area contributed by atoms with Gasteiger partial charge < -0.3 is 9.84 Å². The van der Waals surface area contributed by atoms with Crippen LogP contribution in [0.2, 0.25) is 0 Å². The highest BCUT2D eigenvalue weighted by Crippen LogP contribution is 2.18. The molecule has 0 bridgehead atoms. The zero-order valence-electron chi connectivity index (χ0n) is 11.2. The summed E-state index contributed by atoms with van der Waals surface area (Å²) >= 11 is 3.29. The third-order valence-electron chi connectivity index (χ3n) is 2.85. The lowest BCUT2D eigenvalue weighted by atomic mass is 9.95. The first-order valence-electron chi connectivity index (χ1n) is 6.39. The first-order chi connectivity index (χ1) is 9.78. The molecule has 0 spiro atoms. The van der Waals surface area contributed by atoms with Crippen LogP contribution in [-0.2, 0) is 16.0 Å². The second-order valence-corrected chi connectivity index (χ2v) is 5.59. The average Bonchev–Trinajstić information content (AvgIpc) is 2.37. The predicted molar refractivity (Wildman–Crippen MR) is 75.1 cm³/mol. The molecular formula is C14H16BrF3O3. The Labute approximate surface area is 129 Å². The molecule has 7 heteroatoms. The van der Waals surface area contributed by atoms with Gasteiger partial charge in [-0.05, 0) is 37.0 Å². The summed E-state index contributed by atoms with van der Waals surface area (Å²) in [6.45, 7) is -1.39. The molecule has 21 heavy (non-hydrogen) atoms. The van der Waals surface area contributed by atoms with Gasteiger partial charge in [-0.3, -0.25) is 4.79 Å². The molecule has 1 atom stereocenters. The smallest absolute Gasteiger partial charge is 0.411 e. The van der Waals surface area contributed by atoms with Gasteiger partial charge in [0.15, 0.2) is 0 Å². The molecule has 0 fully saturated rings. The molecule has 0 radical (unpaired) electrons. The minimum absolute atomic E-state index is 0.0936. The van der Waals surface area contributed by atoms with Crippen molar-refractivity contribution in [2.24, 2.45) is 5.92 Å². The number of carboxylic acid groups (broad SMARTS) is 1. The molecule has 118 valence electrons. The number of carbonyl (C=O) groups is 1. The molecule has 0 aliphatic heterocycles. The normalized spacial score (nSPS) is 13.1. The van der Waals surface area contributed by atoms with Crippen molar-refractivity contribution in [2.45, 2.75) is 25.4 Å². The highest BCUT2D eigenvalue weighted by Gasteiger charge is 2.27. The SMILES string of the molecule is O=C(O)C(CCCOCC(F)(F)F)Cc1ccc(Br)cc1. The van der Waals surface area contributed by atoms with Gasteiger partial charge in [0.1, 0.15) is 6.61 Å². The summed E-state index contributed by atoms with van der Waals surface area (Å²) in [6.07, 6.45) is -3.43. The summed E-state index contributed by atoms with van der Waals surface area (Å²) in [7, 11) is 0. The highest BCUT2D eigenvalue weighted by atomic mass is 79.9. The van der Waals surface area contributed by atoms with Crippen LogP contribution in [-0.4, -0.2) is 30.5 Å². The number of hydrogen-bond acceptors (Lipinski definition) is 2. The van der Waals surface area contributed by atoms with Crippen molar-refractivity contribution < 1.29 is 27.8 Å². The van der Waals surface area contributed by atoms with E-state index in [0.717, 1.165) is 10.0 Å². The Bertz CT molecular complexity index is 446. The molecule has 1 rings (SSSR count). The van der Waals surface area contributed by atoms with E-state index in [1.54, 1.807) is 0 Å². The standard InChI is InChI=1S/C14H16BrF3O3/c15-12-5-3-10(4-6-12)8-11(13(19)20)2-1-7-21-9-14(16,17)18/h3-6,11H,1-2,7-9H2,(H,19,20). The summed E-state index contributed by atoms with van der Waals surface area (Å²) < 4.78 is 41.0. The van der Waals surface area contributed by atoms with E-state index in [1.807, 2.05) is 24.3 Å². The minimum Gasteiger partial charge on any atom is -0.481 e. The van der Waals surface area contributed by atoms with Crippen molar-refractivity contribution in [3.05, 3.63) is 34.3 Å². The van der Waals surface area contributed by atoms with Gasteiger partial charge in [0.2, 0.25) is 0 Å². The molecule has 1 N–H and O–H groups in total.